The van der Waals surface area contributed by atoms with Crippen LogP contribution in [0.2, 0.25) is 0 Å². The Morgan fingerprint density at radius 3 is 2.50 bits per heavy atom. The molecule has 1 aromatic rings. The fraction of sp³-hybridized carbons (Fsp3) is 0.167. The summed E-state index contributed by atoms with van der Waals surface area (Å²) in [6, 6.07) is 0.530. The maximum absolute atomic E-state index is 12.2. The average Bonchev–Trinajstić information content (AvgIpc) is 2.02. The van der Waals surface area contributed by atoms with Crippen LogP contribution in [0.1, 0.15) is 12.0 Å². The highest BCUT2D eigenvalue weighted by molar-refractivity contribution is 8.13. The van der Waals surface area contributed by atoms with Gasteiger partial charge in [-0.25, -0.2) is 22.2 Å². The maximum atomic E-state index is 12.2. The van der Waals surface area contributed by atoms with Crippen molar-refractivity contribution in [3.63, 3.8) is 0 Å². The Morgan fingerprint density at radius 2 is 2.07 bits per heavy atom. The Bertz CT molecular complexity index is 448. The van der Waals surface area contributed by atoms with Crippen molar-refractivity contribution in [1.29, 1.82) is 0 Å². The molecular formula is C6H4ClF2NO3S. The smallest absolute Gasteiger partial charge is 0.278 e. The van der Waals surface area contributed by atoms with E-state index in [0.29, 0.717) is 12.3 Å². The number of rotatable bonds is 2. The molecule has 0 unspecified atom stereocenters. The first-order chi connectivity index (χ1) is 6.32. The fourth-order valence-corrected chi connectivity index (χ4v) is 1.45. The minimum Gasteiger partial charge on any atom is -0.506 e. The summed E-state index contributed by atoms with van der Waals surface area (Å²) in [5.41, 5.74) is -0.820. The van der Waals surface area contributed by atoms with Gasteiger partial charge in [0.2, 0.25) is 0 Å². The summed E-state index contributed by atoms with van der Waals surface area (Å²) in [7, 11) is 0.712. The van der Waals surface area contributed by atoms with Crippen LogP contribution < -0.4 is 0 Å². The number of halogens is 3. The normalized spacial score (nSPS) is 12.0. The van der Waals surface area contributed by atoms with E-state index in [0.717, 1.165) is 0 Å². The fourth-order valence-electron chi connectivity index (χ4n) is 0.752. The van der Waals surface area contributed by atoms with Gasteiger partial charge < -0.3 is 5.11 Å². The van der Waals surface area contributed by atoms with Crippen molar-refractivity contribution < 1.29 is 22.3 Å². The van der Waals surface area contributed by atoms with E-state index in [9.17, 15) is 17.2 Å². The molecule has 0 saturated carbocycles. The first kappa shape index (κ1) is 11.1. The summed E-state index contributed by atoms with van der Waals surface area (Å²) in [6.45, 7) is 0. The van der Waals surface area contributed by atoms with Crippen LogP contribution in [0.5, 0.6) is 5.75 Å². The monoisotopic (exact) mass is 243 g/mol. The van der Waals surface area contributed by atoms with Crippen LogP contribution in [0, 0.1) is 0 Å². The number of hydrogen-bond acceptors (Lipinski definition) is 4. The van der Waals surface area contributed by atoms with Crippen molar-refractivity contribution in [3.8, 4) is 5.75 Å². The van der Waals surface area contributed by atoms with Crippen LogP contribution in [0.3, 0.4) is 0 Å². The molecule has 0 aromatic carbocycles. The topological polar surface area (TPSA) is 67.3 Å². The van der Waals surface area contributed by atoms with Gasteiger partial charge in [0.1, 0.15) is 5.75 Å². The maximum Gasteiger partial charge on any atom is 0.278 e. The minimum absolute atomic E-state index is 0.530. The van der Waals surface area contributed by atoms with Crippen molar-refractivity contribution in [2.24, 2.45) is 0 Å². The van der Waals surface area contributed by atoms with Crippen LogP contribution in [0.15, 0.2) is 17.3 Å². The van der Waals surface area contributed by atoms with Gasteiger partial charge in [-0.05, 0) is 6.07 Å². The Balaban J connectivity index is 3.34. The first-order valence-corrected chi connectivity index (χ1v) is 5.55. The molecule has 1 heterocycles. The van der Waals surface area contributed by atoms with Gasteiger partial charge in [-0.15, -0.1) is 0 Å². The lowest BCUT2D eigenvalue weighted by molar-refractivity contribution is 0.147. The lowest BCUT2D eigenvalue weighted by Crippen LogP contribution is -1.97. The molecule has 0 aliphatic heterocycles. The predicted molar refractivity (Wildman–Crippen MR) is 43.9 cm³/mol. The minimum atomic E-state index is -4.16. The van der Waals surface area contributed by atoms with E-state index in [2.05, 4.69) is 4.98 Å². The second-order valence-electron chi connectivity index (χ2n) is 2.32. The highest BCUT2D eigenvalue weighted by Crippen LogP contribution is 2.29. The van der Waals surface area contributed by atoms with Crippen molar-refractivity contribution in [3.05, 3.63) is 17.8 Å². The van der Waals surface area contributed by atoms with Gasteiger partial charge in [0.05, 0.1) is 11.8 Å². The molecule has 8 heteroatoms. The second-order valence-corrected chi connectivity index (χ2v) is 4.83. The quantitative estimate of drug-likeness (QED) is 0.802. The van der Waals surface area contributed by atoms with Gasteiger partial charge in [0.15, 0.2) is 5.03 Å². The molecule has 14 heavy (non-hydrogen) atoms. The summed E-state index contributed by atoms with van der Waals surface area (Å²) >= 11 is 0. The SMILES string of the molecule is O=S(=O)(Cl)c1cc(C(F)F)c(O)cn1. The highest BCUT2D eigenvalue weighted by atomic mass is 35.7. The Labute approximate surface area is 82.6 Å². The summed E-state index contributed by atoms with van der Waals surface area (Å²) in [4.78, 5) is 3.19. The Morgan fingerprint density at radius 1 is 1.50 bits per heavy atom. The van der Waals surface area contributed by atoms with Crippen LogP contribution in [-0.2, 0) is 9.05 Å². The summed E-state index contributed by atoms with van der Waals surface area (Å²) in [5, 5.41) is 8.18. The number of alkyl halides is 2. The van der Waals surface area contributed by atoms with Crippen LogP contribution >= 0.6 is 10.7 Å². The van der Waals surface area contributed by atoms with Crippen LogP contribution in [0.4, 0.5) is 8.78 Å². The van der Waals surface area contributed by atoms with E-state index in [4.69, 9.17) is 15.8 Å². The summed E-state index contributed by atoms with van der Waals surface area (Å²) in [5.74, 6) is -0.774. The molecule has 0 fully saturated rings. The third-order valence-electron chi connectivity index (χ3n) is 1.37. The zero-order chi connectivity index (χ0) is 10.9. The Hall–Kier alpha value is -0.950. The van der Waals surface area contributed by atoms with Gasteiger partial charge >= 0.3 is 0 Å². The number of aromatic hydroxyl groups is 1. The first-order valence-electron chi connectivity index (χ1n) is 3.24. The van der Waals surface area contributed by atoms with Crippen molar-refractivity contribution in [2.45, 2.75) is 11.5 Å². The molecule has 0 radical (unpaired) electrons. The molecule has 4 nitrogen and oxygen atoms in total. The van der Waals surface area contributed by atoms with Gasteiger partial charge in [-0.1, -0.05) is 0 Å². The average molecular weight is 244 g/mol. The van der Waals surface area contributed by atoms with Crippen molar-refractivity contribution in [2.75, 3.05) is 0 Å². The third kappa shape index (κ3) is 2.30. The molecule has 0 spiro atoms. The van der Waals surface area contributed by atoms with Gasteiger partial charge in [-0.2, -0.15) is 0 Å². The molecule has 0 aliphatic carbocycles. The number of pyridine rings is 1. The van der Waals surface area contributed by atoms with Gasteiger partial charge in [0, 0.05) is 10.7 Å². The number of aromatic nitrogens is 1. The molecule has 1 aromatic heterocycles. The van der Waals surface area contributed by atoms with Crippen molar-refractivity contribution in [1.82, 2.24) is 4.98 Å². The summed E-state index contributed by atoms with van der Waals surface area (Å²) < 4.78 is 45.7. The van der Waals surface area contributed by atoms with Crippen LogP contribution in [-0.4, -0.2) is 18.5 Å². The summed E-state index contributed by atoms with van der Waals surface area (Å²) in [6.07, 6.45) is -2.38. The second kappa shape index (κ2) is 3.66. The number of nitrogens with zero attached hydrogens (tertiary/aromatic N) is 1. The lowest BCUT2D eigenvalue weighted by atomic mass is 10.2. The molecule has 0 saturated heterocycles. The van der Waals surface area contributed by atoms with Gasteiger partial charge in [-0.3, -0.25) is 0 Å². The lowest BCUT2D eigenvalue weighted by Gasteiger charge is -2.03. The highest BCUT2D eigenvalue weighted by Gasteiger charge is 2.19. The van der Waals surface area contributed by atoms with E-state index in [-0.39, 0.29) is 0 Å². The zero-order valence-corrected chi connectivity index (χ0v) is 8.06. The predicted octanol–water partition coefficient (Wildman–Crippen LogP) is 1.65. The third-order valence-corrected chi connectivity index (χ3v) is 2.57. The van der Waals surface area contributed by atoms with E-state index in [1.807, 2.05) is 0 Å². The van der Waals surface area contributed by atoms with Gasteiger partial charge in [0.25, 0.3) is 15.5 Å². The molecule has 0 atom stereocenters. The molecule has 0 aliphatic rings. The molecule has 78 valence electrons. The zero-order valence-electron chi connectivity index (χ0n) is 6.49. The van der Waals surface area contributed by atoms with Crippen LogP contribution in [0.25, 0.3) is 0 Å². The largest absolute Gasteiger partial charge is 0.506 e. The molecule has 1 N–H and O–H groups in total. The molecular weight excluding hydrogens is 240 g/mol. The molecule has 0 bridgehead atoms. The van der Waals surface area contributed by atoms with E-state index >= 15 is 0 Å². The Kier molecular flexibility index (Phi) is 2.91. The number of hydrogen-bond donors (Lipinski definition) is 1. The standard InChI is InChI=1S/C6H4ClF2NO3S/c7-14(12,13)5-1-3(6(8)9)4(11)2-10-5/h1-2,6,11H. The van der Waals surface area contributed by atoms with E-state index in [1.165, 1.54) is 0 Å². The van der Waals surface area contributed by atoms with Crippen molar-refractivity contribution >= 4 is 19.7 Å². The van der Waals surface area contributed by atoms with E-state index < -0.39 is 31.8 Å². The molecule has 0 amide bonds. The molecule has 1 rings (SSSR count). The van der Waals surface area contributed by atoms with E-state index in [1.54, 1.807) is 0 Å².